The number of amides is 1. The molecule has 0 atom stereocenters. The van der Waals surface area contributed by atoms with Gasteiger partial charge in [-0.1, -0.05) is 17.8 Å². The fourth-order valence-electron chi connectivity index (χ4n) is 1.32. The molecule has 7 heteroatoms. The van der Waals surface area contributed by atoms with Crippen molar-refractivity contribution in [2.75, 3.05) is 19.8 Å². The first-order valence-electron chi connectivity index (χ1n) is 5.36. The van der Waals surface area contributed by atoms with Crippen molar-refractivity contribution in [1.82, 2.24) is 19.7 Å². The van der Waals surface area contributed by atoms with E-state index in [1.165, 1.54) is 11.8 Å². The van der Waals surface area contributed by atoms with Gasteiger partial charge >= 0.3 is 0 Å². The number of carbonyl (C=O) groups excluding carboxylic acids is 1. The Bertz CT molecular complexity index is 533. The van der Waals surface area contributed by atoms with Crippen LogP contribution in [-0.4, -0.2) is 45.4 Å². The second-order valence-corrected chi connectivity index (χ2v) is 5.81. The van der Waals surface area contributed by atoms with E-state index in [1.54, 1.807) is 30.3 Å². The Morgan fingerprint density at radius 1 is 1.50 bits per heavy atom. The maximum atomic E-state index is 11.5. The predicted octanol–water partition coefficient (Wildman–Crippen LogP) is 1.72. The van der Waals surface area contributed by atoms with E-state index in [0.29, 0.717) is 5.75 Å². The van der Waals surface area contributed by atoms with Crippen molar-refractivity contribution in [3.63, 3.8) is 0 Å². The zero-order valence-corrected chi connectivity index (χ0v) is 12.1. The predicted molar refractivity (Wildman–Crippen MR) is 73.7 cm³/mol. The van der Waals surface area contributed by atoms with Crippen molar-refractivity contribution in [2.45, 2.75) is 5.16 Å². The number of hydrogen-bond acceptors (Lipinski definition) is 5. The molecule has 0 aliphatic heterocycles. The summed E-state index contributed by atoms with van der Waals surface area (Å²) in [5.74, 6) is 1.29. The number of thiophene rings is 1. The Hall–Kier alpha value is -1.34. The molecule has 0 unspecified atom stereocenters. The molecule has 2 aromatic heterocycles. The van der Waals surface area contributed by atoms with Gasteiger partial charge in [0.2, 0.25) is 5.91 Å². The Balaban J connectivity index is 2.10. The van der Waals surface area contributed by atoms with Gasteiger partial charge in [-0.25, -0.2) is 0 Å². The Labute approximate surface area is 114 Å². The van der Waals surface area contributed by atoms with Crippen LogP contribution in [0.3, 0.4) is 0 Å². The molecule has 0 saturated carbocycles. The van der Waals surface area contributed by atoms with Gasteiger partial charge in [-0.05, 0) is 11.4 Å². The third-order valence-corrected chi connectivity index (χ3v) is 4.27. The summed E-state index contributed by atoms with van der Waals surface area (Å²) in [6.45, 7) is 0. The van der Waals surface area contributed by atoms with Crippen LogP contribution < -0.4 is 0 Å². The molecule has 0 aliphatic rings. The molecule has 0 radical (unpaired) electrons. The standard InChI is InChI=1S/C11H14N4OS2/c1-14(2)9(16)7-18-11-13-12-10(15(11)3)8-5-4-6-17-8/h4-6H,7H2,1-3H3. The number of hydrogen-bond donors (Lipinski definition) is 0. The summed E-state index contributed by atoms with van der Waals surface area (Å²) >= 11 is 3.03. The van der Waals surface area contributed by atoms with Gasteiger partial charge in [0.05, 0.1) is 10.6 Å². The van der Waals surface area contributed by atoms with Crippen LogP contribution >= 0.6 is 23.1 Å². The Morgan fingerprint density at radius 3 is 2.89 bits per heavy atom. The van der Waals surface area contributed by atoms with Crippen molar-refractivity contribution in [3.8, 4) is 10.7 Å². The summed E-state index contributed by atoms with van der Waals surface area (Å²) < 4.78 is 1.92. The van der Waals surface area contributed by atoms with E-state index in [2.05, 4.69) is 10.2 Å². The lowest BCUT2D eigenvalue weighted by molar-refractivity contribution is -0.125. The summed E-state index contributed by atoms with van der Waals surface area (Å²) in [7, 11) is 5.41. The van der Waals surface area contributed by atoms with Crippen LogP contribution in [0.15, 0.2) is 22.7 Å². The number of nitrogens with zero attached hydrogens (tertiary/aromatic N) is 4. The van der Waals surface area contributed by atoms with Crippen molar-refractivity contribution in [2.24, 2.45) is 7.05 Å². The number of carbonyl (C=O) groups is 1. The van der Waals surface area contributed by atoms with Gasteiger partial charge in [0, 0.05) is 21.1 Å². The third-order valence-electron chi connectivity index (χ3n) is 2.40. The lowest BCUT2D eigenvalue weighted by Gasteiger charge is -2.09. The summed E-state index contributed by atoms with van der Waals surface area (Å²) in [6.07, 6.45) is 0. The van der Waals surface area contributed by atoms with Crippen LogP contribution in [0, 0.1) is 0 Å². The average Bonchev–Trinajstić information content (AvgIpc) is 2.95. The lowest BCUT2D eigenvalue weighted by atomic mass is 10.4. The molecule has 0 aromatic carbocycles. The molecule has 0 saturated heterocycles. The fourth-order valence-corrected chi connectivity index (χ4v) is 2.95. The van der Waals surface area contributed by atoms with E-state index in [0.717, 1.165) is 15.9 Å². The van der Waals surface area contributed by atoms with Crippen molar-refractivity contribution in [1.29, 1.82) is 0 Å². The normalized spacial score (nSPS) is 10.6. The van der Waals surface area contributed by atoms with Gasteiger partial charge in [-0.15, -0.1) is 21.5 Å². The summed E-state index contributed by atoms with van der Waals surface area (Å²) in [5.41, 5.74) is 0. The molecular weight excluding hydrogens is 268 g/mol. The minimum atomic E-state index is 0.0701. The maximum absolute atomic E-state index is 11.5. The number of thioether (sulfide) groups is 1. The summed E-state index contributed by atoms with van der Waals surface area (Å²) in [5, 5.41) is 11.0. The summed E-state index contributed by atoms with van der Waals surface area (Å²) in [6, 6.07) is 3.99. The molecular formula is C11H14N4OS2. The van der Waals surface area contributed by atoms with Gasteiger partial charge in [0.25, 0.3) is 0 Å². The molecule has 18 heavy (non-hydrogen) atoms. The second-order valence-electron chi connectivity index (χ2n) is 3.92. The summed E-state index contributed by atoms with van der Waals surface area (Å²) in [4.78, 5) is 14.2. The van der Waals surface area contributed by atoms with E-state index in [-0.39, 0.29) is 5.91 Å². The van der Waals surface area contributed by atoms with Gasteiger partial charge in [-0.3, -0.25) is 4.79 Å². The Kier molecular flexibility index (Phi) is 4.03. The molecule has 0 N–H and O–H groups in total. The van der Waals surface area contributed by atoms with Gasteiger partial charge in [0.15, 0.2) is 11.0 Å². The zero-order chi connectivity index (χ0) is 13.1. The van der Waals surface area contributed by atoms with Crippen LogP contribution in [0.5, 0.6) is 0 Å². The molecule has 0 fully saturated rings. The average molecular weight is 282 g/mol. The zero-order valence-electron chi connectivity index (χ0n) is 10.5. The highest BCUT2D eigenvalue weighted by molar-refractivity contribution is 7.99. The lowest BCUT2D eigenvalue weighted by Crippen LogP contribution is -2.23. The second kappa shape index (κ2) is 5.53. The molecule has 2 heterocycles. The molecule has 0 aliphatic carbocycles. The van der Waals surface area contributed by atoms with E-state index >= 15 is 0 Å². The fraction of sp³-hybridized carbons (Fsp3) is 0.364. The van der Waals surface area contributed by atoms with E-state index in [1.807, 2.05) is 29.1 Å². The molecule has 2 aromatic rings. The molecule has 0 bridgehead atoms. The monoisotopic (exact) mass is 282 g/mol. The van der Waals surface area contributed by atoms with Gasteiger partial charge < -0.3 is 9.47 Å². The number of rotatable bonds is 4. The number of aromatic nitrogens is 3. The highest BCUT2D eigenvalue weighted by Gasteiger charge is 2.13. The van der Waals surface area contributed by atoms with E-state index in [4.69, 9.17) is 0 Å². The van der Waals surface area contributed by atoms with Crippen LogP contribution in [-0.2, 0) is 11.8 Å². The first-order valence-corrected chi connectivity index (χ1v) is 7.22. The van der Waals surface area contributed by atoms with Gasteiger partial charge in [0.1, 0.15) is 0 Å². The smallest absolute Gasteiger partial charge is 0.232 e. The quantitative estimate of drug-likeness (QED) is 0.801. The van der Waals surface area contributed by atoms with E-state index < -0.39 is 0 Å². The minimum absolute atomic E-state index is 0.0701. The van der Waals surface area contributed by atoms with Crippen LogP contribution in [0.1, 0.15) is 0 Å². The highest BCUT2D eigenvalue weighted by atomic mass is 32.2. The SMILES string of the molecule is CN(C)C(=O)CSc1nnc(-c2cccs2)n1C. The molecule has 96 valence electrons. The molecule has 0 spiro atoms. The van der Waals surface area contributed by atoms with Crippen molar-refractivity contribution >= 4 is 29.0 Å². The van der Waals surface area contributed by atoms with Crippen LogP contribution in [0.2, 0.25) is 0 Å². The minimum Gasteiger partial charge on any atom is -0.348 e. The van der Waals surface area contributed by atoms with E-state index in [9.17, 15) is 4.79 Å². The first kappa shape index (κ1) is 13.1. The topological polar surface area (TPSA) is 51.0 Å². The van der Waals surface area contributed by atoms with Crippen molar-refractivity contribution < 1.29 is 4.79 Å². The van der Waals surface area contributed by atoms with Crippen LogP contribution in [0.25, 0.3) is 10.7 Å². The first-order chi connectivity index (χ1) is 8.59. The molecule has 2 rings (SSSR count). The molecule has 5 nitrogen and oxygen atoms in total. The van der Waals surface area contributed by atoms with Crippen molar-refractivity contribution in [3.05, 3.63) is 17.5 Å². The highest BCUT2D eigenvalue weighted by Crippen LogP contribution is 2.25. The van der Waals surface area contributed by atoms with Gasteiger partial charge in [-0.2, -0.15) is 0 Å². The maximum Gasteiger partial charge on any atom is 0.232 e. The molecule has 1 amide bonds. The van der Waals surface area contributed by atoms with Crippen LogP contribution in [0.4, 0.5) is 0 Å². The third kappa shape index (κ3) is 2.73. The Morgan fingerprint density at radius 2 is 2.28 bits per heavy atom. The largest absolute Gasteiger partial charge is 0.348 e.